The van der Waals surface area contributed by atoms with Gasteiger partial charge in [-0.2, -0.15) is 11.8 Å². The third kappa shape index (κ3) is 6.41. The minimum atomic E-state index is -0.132. The Labute approximate surface area is 115 Å². The molecule has 1 N–H and O–H groups in total. The maximum Gasteiger partial charge on any atom is 0.123 e. The Bertz CT molecular complexity index is 341. The second-order valence-corrected chi connectivity index (χ2v) is 6.03. The highest BCUT2D eigenvalue weighted by Crippen LogP contribution is 2.15. The topological polar surface area (TPSA) is 12.0 Å². The van der Waals surface area contributed by atoms with E-state index in [-0.39, 0.29) is 5.82 Å². The smallest absolute Gasteiger partial charge is 0.123 e. The van der Waals surface area contributed by atoms with Crippen LogP contribution < -0.4 is 5.32 Å². The number of hydrogen-bond acceptors (Lipinski definition) is 2. The lowest BCUT2D eigenvalue weighted by atomic mass is 9.96. The van der Waals surface area contributed by atoms with Gasteiger partial charge in [0.15, 0.2) is 0 Å². The zero-order valence-corrected chi connectivity index (χ0v) is 12.4. The van der Waals surface area contributed by atoms with Crippen LogP contribution in [0.1, 0.15) is 25.8 Å². The first-order valence-electron chi connectivity index (χ1n) is 6.58. The third-order valence-corrected chi connectivity index (χ3v) is 3.60. The van der Waals surface area contributed by atoms with Gasteiger partial charge in [0.1, 0.15) is 5.82 Å². The molecule has 0 aromatic heterocycles. The van der Waals surface area contributed by atoms with Gasteiger partial charge in [-0.3, -0.25) is 0 Å². The molecule has 1 atom stereocenters. The molecule has 0 aliphatic carbocycles. The van der Waals surface area contributed by atoms with Gasteiger partial charge < -0.3 is 5.32 Å². The molecule has 1 unspecified atom stereocenters. The highest BCUT2D eigenvalue weighted by molar-refractivity contribution is 7.98. The first-order valence-corrected chi connectivity index (χ1v) is 7.98. The Morgan fingerprint density at radius 3 is 2.72 bits per heavy atom. The molecular weight excluding hydrogens is 245 g/mol. The van der Waals surface area contributed by atoms with E-state index in [2.05, 4.69) is 25.4 Å². The maximum atomic E-state index is 13.2. The van der Waals surface area contributed by atoms with Crippen molar-refractivity contribution in [3.8, 4) is 0 Å². The van der Waals surface area contributed by atoms with Crippen molar-refractivity contribution in [2.45, 2.75) is 32.7 Å². The molecule has 0 spiro atoms. The van der Waals surface area contributed by atoms with Crippen molar-refractivity contribution < 1.29 is 4.39 Å². The molecule has 0 aliphatic heterocycles. The average molecular weight is 269 g/mol. The molecule has 18 heavy (non-hydrogen) atoms. The zero-order valence-electron chi connectivity index (χ0n) is 11.6. The fraction of sp³-hybridized carbons (Fsp3) is 0.600. The lowest BCUT2D eigenvalue weighted by molar-refractivity contribution is 0.437. The van der Waals surface area contributed by atoms with Gasteiger partial charge in [-0.1, -0.05) is 26.0 Å². The van der Waals surface area contributed by atoms with E-state index in [1.807, 2.05) is 17.8 Å². The molecule has 1 nitrogen and oxygen atoms in total. The van der Waals surface area contributed by atoms with E-state index >= 15 is 0 Å². The van der Waals surface area contributed by atoms with E-state index < -0.39 is 0 Å². The number of benzene rings is 1. The molecule has 0 saturated heterocycles. The van der Waals surface area contributed by atoms with E-state index in [1.54, 1.807) is 12.1 Å². The molecule has 0 bridgehead atoms. The average Bonchev–Trinajstić information content (AvgIpc) is 2.32. The Morgan fingerprint density at radius 1 is 1.33 bits per heavy atom. The second kappa shape index (κ2) is 8.54. The van der Waals surface area contributed by atoms with Crippen molar-refractivity contribution in [1.29, 1.82) is 0 Å². The summed E-state index contributed by atoms with van der Waals surface area (Å²) in [6, 6.07) is 7.49. The molecular formula is C15H24FNS. The van der Waals surface area contributed by atoms with E-state index in [0.29, 0.717) is 12.0 Å². The van der Waals surface area contributed by atoms with Gasteiger partial charge in [-0.05, 0) is 55.0 Å². The van der Waals surface area contributed by atoms with E-state index in [0.717, 1.165) is 18.5 Å². The van der Waals surface area contributed by atoms with Gasteiger partial charge in [-0.15, -0.1) is 0 Å². The number of thioether (sulfide) groups is 1. The van der Waals surface area contributed by atoms with Crippen LogP contribution in [0.2, 0.25) is 0 Å². The summed E-state index contributed by atoms with van der Waals surface area (Å²) in [5, 5.41) is 3.49. The molecule has 102 valence electrons. The maximum absolute atomic E-state index is 13.2. The van der Waals surface area contributed by atoms with Crippen molar-refractivity contribution in [1.82, 2.24) is 5.32 Å². The second-order valence-electron chi connectivity index (χ2n) is 5.04. The van der Waals surface area contributed by atoms with Crippen molar-refractivity contribution in [2.75, 3.05) is 18.6 Å². The van der Waals surface area contributed by atoms with Crippen LogP contribution in [0.25, 0.3) is 0 Å². The van der Waals surface area contributed by atoms with E-state index in [9.17, 15) is 4.39 Å². The van der Waals surface area contributed by atoms with E-state index in [1.165, 1.54) is 18.2 Å². The van der Waals surface area contributed by atoms with Crippen LogP contribution in [0.4, 0.5) is 4.39 Å². The molecule has 0 heterocycles. The van der Waals surface area contributed by atoms with Gasteiger partial charge in [0.2, 0.25) is 0 Å². The molecule has 1 aromatic carbocycles. The minimum Gasteiger partial charge on any atom is -0.314 e. The first-order chi connectivity index (χ1) is 8.61. The van der Waals surface area contributed by atoms with Gasteiger partial charge in [0.05, 0.1) is 0 Å². The highest BCUT2D eigenvalue weighted by atomic mass is 32.2. The van der Waals surface area contributed by atoms with E-state index in [4.69, 9.17) is 0 Å². The zero-order chi connectivity index (χ0) is 13.4. The monoisotopic (exact) mass is 269 g/mol. The van der Waals surface area contributed by atoms with Gasteiger partial charge >= 0.3 is 0 Å². The summed E-state index contributed by atoms with van der Waals surface area (Å²) in [5.41, 5.74) is 1.10. The van der Waals surface area contributed by atoms with Crippen LogP contribution in [0.5, 0.6) is 0 Å². The molecule has 1 rings (SSSR count). The van der Waals surface area contributed by atoms with Crippen molar-refractivity contribution in [3.05, 3.63) is 35.6 Å². The summed E-state index contributed by atoms with van der Waals surface area (Å²) < 4.78 is 13.2. The predicted octanol–water partition coefficient (Wildman–Crippen LogP) is 3.74. The van der Waals surface area contributed by atoms with Crippen molar-refractivity contribution >= 4 is 11.8 Å². The minimum absolute atomic E-state index is 0.132. The molecule has 0 radical (unpaired) electrons. The summed E-state index contributed by atoms with van der Waals surface area (Å²) >= 11 is 1.88. The SMILES string of the molecule is CSCCC(CNC(C)C)Cc1cccc(F)c1. The number of rotatable bonds is 8. The first kappa shape index (κ1) is 15.5. The van der Waals surface area contributed by atoms with Crippen LogP contribution in [0, 0.1) is 11.7 Å². The fourth-order valence-electron chi connectivity index (χ4n) is 1.96. The Hall–Kier alpha value is -0.540. The largest absolute Gasteiger partial charge is 0.314 e. The number of nitrogens with one attached hydrogen (secondary N) is 1. The Morgan fingerprint density at radius 2 is 2.11 bits per heavy atom. The fourth-order valence-corrected chi connectivity index (χ4v) is 2.53. The van der Waals surface area contributed by atoms with Crippen molar-refractivity contribution in [2.24, 2.45) is 5.92 Å². The predicted molar refractivity (Wildman–Crippen MR) is 79.7 cm³/mol. The quantitative estimate of drug-likeness (QED) is 0.771. The van der Waals surface area contributed by atoms with Crippen LogP contribution >= 0.6 is 11.8 Å². The molecule has 0 amide bonds. The lowest BCUT2D eigenvalue weighted by Crippen LogP contribution is -2.30. The Kier molecular flexibility index (Phi) is 7.36. The summed E-state index contributed by atoms with van der Waals surface area (Å²) in [6.45, 7) is 5.33. The summed E-state index contributed by atoms with van der Waals surface area (Å²) in [4.78, 5) is 0. The van der Waals surface area contributed by atoms with Crippen molar-refractivity contribution in [3.63, 3.8) is 0 Å². The van der Waals surface area contributed by atoms with Crippen LogP contribution in [0.15, 0.2) is 24.3 Å². The normalized spacial score (nSPS) is 12.9. The summed E-state index contributed by atoms with van der Waals surface area (Å²) in [7, 11) is 0. The van der Waals surface area contributed by atoms with Gasteiger partial charge in [-0.25, -0.2) is 4.39 Å². The molecule has 1 aromatic rings. The third-order valence-electron chi connectivity index (χ3n) is 2.96. The number of hydrogen-bond donors (Lipinski definition) is 1. The standard InChI is InChI=1S/C15H24FNS/c1-12(2)17-11-14(7-8-18-3)9-13-5-4-6-15(16)10-13/h4-6,10,12,14,17H,7-9,11H2,1-3H3. The molecule has 0 aliphatic rings. The summed E-state index contributed by atoms with van der Waals surface area (Å²) in [6.07, 6.45) is 4.27. The van der Waals surface area contributed by atoms with Crippen LogP contribution in [0.3, 0.4) is 0 Å². The van der Waals surface area contributed by atoms with Crippen LogP contribution in [-0.2, 0) is 6.42 Å². The summed E-state index contributed by atoms with van der Waals surface area (Å²) in [5.74, 6) is 1.62. The number of halogens is 1. The molecule has 3 heteroatoms. The molecule has 0 saturated carbocycles. The highest BCUT2D eigenvalue weighted by Gasteiger charge is 2.10. The van der Waals surface area contributed by atoms with Gasteiger partial charge in [0, 0.05) is 6.04 Å². The molecule has 0 fully saturated rings. The van der Waals surface area contributed by atoms with Gasteiger partial charge in [0.25, 0.3) is 0 Å². The Balaban J connectivity index is 2.53. The van der Waals surface area contributed by atoms with Crippen LogP contribution in [-0.4, -0.2) is 24.6 Å². The lowest BCUT2D eigenvalue weighted by Gasteiger charge is -2.19.